The summed E-state index contributed by atoms with van der Waals surface area (Å²) in [6.07, 6.45) is 1.71. The first-order chi connectivity index (χ1) is 11.8. The van der Waals surface area contributed by atoms with E-state index in [9.17, 15) is 4.39 Å². The topological polar surface area (TPSA) is 51.8 Å². The summed E-state index contributed by atoms with van der Waals surface area (Å²) in [5, 5.41) is 8.12. The molecule has 0 bridgehead atoms. The van der Waals surface area contributed by atoms with Crippen molar-refractivity contribution in [3.05, 3.63) is 78.7 Å². The van der Waals surface area contributed by atoms with Crippen LogP contribution in [-0.4, -0.2) is 15.2 Å². The van der Waals surface area contributed by atoms with Crippen molar-refractivity contribution < 1.29 is 8.81 Å². The van der Waals surface area contributed by atoms with Crippen molar-refractivity contribution in [2.24, 2.45) is 0 Å². The fourth-order valence-corrected chi connectivity index (χ4v) is 2.38. The van der Waals surface area contributed by atoms with Crippen LogP contribution in [0.1, 0.15) is 0 Å². The maximum absolute atomic E-state index is 13.0. The molecule has 0 fully saturated rings. The Morgan fingerprint density at radius 1 is 0.708 bits per heavy atom. The van der Waals surface area contributed by atoms with E-state index in [1.54, 1.807) is 18.3 Å². The van der Waals surface area contributed by atoms with Crippen LogP contribution in [0.25, 0.3) is 34.2 Å². The third-order valence-electron chi connectivity index (χ3n) is 3.59. The Labute approximate surface area is 137 Å². The van der Waals surface area contributed by atoms with Gasteiger partial charge < -0.3 is 4.42 Å². The minimum atomic E-state index is -0.305. The van der Waals surface area contributed by atoms with Gasteiger partial charge in [-0.25, -0.2) is 4.39 Å². The molecule has 0 spiro atoms. The average Bonchev–Trinajstić information content (AvgIpc) is 3.13. The summed E-state index contributed by atoms with van der Waals surface area (Å²) in [5.41, 5.74) is 3.30. The highest BCUT2D eigenvalue weighted by atomic mass is 19.1. The van der Waals surface area contributed by atoms with E-state index in [0.29, 0.717) is 17.3 Å². The quantitative estimate of drug-likeness (QED) is 0.554. The van der Waals surface area contributed by atoms with E-state index in [-0.39, 0.29) is 5.82 Å². The van der Waals surface area contributed by atoms with Crippen LogP contribution in [0, 0.1) is 5.82 Å². The highest BCUT2D eigenvalue weighted by molar-refractivity contribution is 5.66. The first-order valence-corrected chi connectivity index (χ1v) is 7.41. The third-order valence-corrected chi connectivity index (χ3v) is 3.59. The number of halogens is 1. The van der Waals surface area contributed by atoms with Gasteiger partial charge in [0, 0.05) is 22.9 Å². The molecule has 0 unspecified atom stereocenters. The van der Waals surface area contributed by atoms with Gasteiger partial charge in [-0.05, 0) is 36.4 Å². The van der Waals surface area contributed by atoms with Crippen LogP contribution in [0.15, 0.2) is 77.3 Å². The molecule has 0 aliphatic rings. The molecule has 0 radical (unpaired) electrons. The van der Waals surface area contributed by atoms with Gasteiger partial charge in [0.15, 0.2) is 0 Å². The first-order valence-electron chi connectivity index (χ1n) is 7.41. The Balaban J connectivity index is 1.69. The molecule has 5 heteroatoms. The largest absolute Gasteiger partial charge is 0.416 e. The zero-order chi connectivity index (χ0) is 16.4. The smallest absolute Gasteiger partial charge is 0.248 e. The van der Waals surface area contributed by atoms with E-state index in [2.05, 4.69) is 15.2 Å². The minimum Gasteiger partial charge on any atom is -0.416 e. The fourth-order valence-electron chi connectivity index (χ4n) is 2.38. The summed E-state index contributed by atoms with van der Waals surface area (Å²) >= 11 is 0. The van der Waals surface area contributed by atoms with Gasteiger partial charge in [0.1, 0.15) is 5.82 Å². The standard InChI is InChI=1S/C19H12FN3O/c20-16-8-6-14(7-9-16)18-22-23-19(24-18)15-10-11-21-17(12-15)13-4-2-1-3-5-13/h1-12H. The maximum Gasteiger partial charge on any atom is 0.248 e. The van der Waals surface area contributed by atoms with Crippen LogP contribution in [-0.2, 0) is 0 Å². The van der Waals surface area contributed by atoms with Gasteiger partial charge in [0.2, 0.25) is 11.8 Å². The summed E-state index contributed by atoms with van der Waals surface area (Å²) in [7, 11) is 0. The highest BCUT2D eigenvalue weighted by Gasteiger charge is 2.11. The number of aromatic nitrogens is 3. The molecule has 0 saturated carbocycles. The molecule has 0 atom stereocenters. The SMILES string of the molecule is Fc1ccc(-c2nnc(-c3ccnc(-c4ccccc4)c3)o2)cc1. The van der Waals surface area contributed by atoms with Crippen LogP contribution in [0.2, 0.25) is 0 Å². The third kappa shape index (κ3) is 2.79. The second-order valence-corrected chi connectivity index (χ2v) is 5.22. The predicted octanol–water partition coefficient (Wildman–Crippen LogP) is 4.60. The molecule has 4 rings (SSSR count). The summed E-state index contributed by atoms with van der Waals surface area (Å²) in [6.45, 7) is 0. The highest BCUT2D eigenvalue weighted by Crippen LogP contribution is 2.26. The Kier molecular flexibility index (Phi) is 3.59. The van der Waals surface area contributed by atoms with E-state index < -0.39 is 0 Å². The van der Waals surface area contributed by atoms with Gasteiger partial charge in [-0.1, -0.05) is 30.3 Å². The number of hydrogen-bond donors (Lipinski definition) is 0. The van der Waals surface area contributed by atoms with Crippen molar-refractivity contribution >= 4 is 0 Å². The van der Waals surface area contributed by atoms with Gasteiger partial charge in [0.05, 0.1) is 5.69 Å². The number of pyridine rings is 1. The summed E-state index contributed by atoms with van der Waals surface area (Å²) in [5.74, 6) is 0.442. The molecule has 0 N–H and O–H groups in total. The molecule has 116 valence electrons. The Hall–Kier alpha value is -3.34. The van der Waals surface area contributed by atoms with Gasteiger partial charge in [-0.2, -0.15) is 0 Å². The second-order valence-electron chi connectivity index (χ2n) is 5.22. The lowest BCUT2D eigenvalue weighted by Crippen LogP contribution is -1.85. The lowest BCUT2D eigenvalue weighted by molar-refractivity contribution is 0.584. The zero-order valence-electron chi connectivity index (χ0n) is 12.6. The van der Waals surface area contributed by atoms with Gasteiger partial charge in [0.25, 0.3) is 0 Å². The van der Waals surface area contributed by atoms with Gasteiger partial charge in [-0.15, -0.1) is 10.2 Å². The maximum atomic E-state index is 13.0. The fraction of sp³-hybridized carbons (Fsp3) is 0. The van der Waals surface area contributed by atoms with Crippen LogP contribution in [0.3, 0.4) is 0 Å². The average molecular weight is 317 g/mol. The van der Waals surface area contributed by atoms with Crippen LogP contribution >= 0.6 is 0 Å². The van der Waals surface area contributed by atoms with E-state index in [1.165, 1.54) is 12.1 Å². The monoisotopic (exact) mass is 317 g/mol. The number of benzene rings is 2. The van der Waals surface area contributed by atoms with E-state index in [0.717, 1.165) is 16.8 Å². The molecule has 0 amide bonds. The van der Waals surface area contributed by atoms with Crippen molar-refractivity contribution in [2.45, 2.75) is 0 Å². The predicted molar refractivity (Wildman–Crippen MR) is 88.4 cm³/mol. The van der Waals surface area contributed by atoms with Crippen molar-refractivity contribution in [3.63, 3.8) is 0 Å². The van der Waals surface area contributed by atoms with E-state index >= 15 is 0 Å². The van der Waals surface area contributed by atoms with Crippen molar-refractivity contribution in [3.8, 4) is 34.2 Å². The van der Waals surface area contributed by atoms with Gasteiger partial charge >= 0.3 is 0 Å². The first kappa shape index (κ1) is 14.3. The molecule has 0 saturated heterocycles. The molecule has 2 aromatic carbocycles. The Bertz CT molecular complexity index is 965. The van der Waals surface area contributed by atoms with Crippen LogP contribution in [0.4, 0.5) is 4.39 Å². The summed E-state index contributed by atoms with van der Waals surface area (Å²) in [6, 6.07) is 19.5. The molecule has 24 heavy (non-hydrogen) atoms. The number of rotatable bonds is 3. The summed E-state index contributed by atoms with van der Waals surface area (Å²) < 4.78 is 18.7. The van der Waals surface area contributed by atoms with E-state index in [4.69, 9.17) is 4.42 Å². The molecule has 4 nitrogen and oxygen atoms in total. The second kappa shape index (κ2) is 6.04. The Morgan fingerprint density at radius 3 is 2.17 bits per heavy atom. The van der Waals surface area contributed by atoms with Crippen LogP contribution < -0.4 is 0 Å². The molecule has 0 aliphatic heterocycles. The van der Waals surface area contributed by atoms with Gasteiger partial charge in [-0.3, -0.25) is 4.98 Å². The molecular weight excluding hydrogens is 305 g/mol. The molecule has 0 aliphatic carbocycles. The summed E-state index contributed by atoms with van der Waals surface area (Å²) in [4.78, 5) is 4.38. The van der Waals surface area contributed by atoms with E-state index in [1.807, 2.05) is 42.5 Å². The molecule has 4 aromatic rings. The molecular formula is C19H12FN3O. The lowest BCUT2D eigenvalue weighted by Gasteiger charge is -2.01. The van der Waals surface area contributed by atoms with Crippen molar-refractivity contribution in [2.75, 3.05) is 0 Å². The lowest BCUT2D eigenvalue weighted by atomic mass is 10.1. The molecule has 2 heterocycles. The number of hydrogen-bond acceptors (Lipinski definition) is 4. The van der Waals surface area contributed by atoms with Crippen LogP contribution in [0.5, 0.6) is 0 Å². The molecule has 2 aromatic heterocycles. The zero-order valence-corrected chi connectivity index (χ0v) is 12.6. The Morgan fingerprint density at radius 2 is 1.42 bits per heavy atom. The minimum absolute atomic E-state index is 0.305. The van der Waals surface area contributed by atoms with Crippen molar-refractivity contribution in [1.82, 2.24) is 15.2 Å². The normalized spacial score (nSPS) is 10.7. The number of nitrogens with zero attached hydrogens (tertiary/aromatic N) is 3. The van der Waals surface area contributed by atoms with Crippen molar-refractivity contribution in [1.29, 1.82) is 0 Å².